The molecule has 1 heterocycles. The lowest BCUT2D eigenvalue weighted by atomic mass is 9.73. The van der Waals surface area contributed by atoms with Crippen LogP contribution in [0, 0.1) is 32.6 Å². The van der Waals surface area contributed by atoms with Crippen molar-refractivity contribution in [3.05, 3.63) is 125 Å². The summed E-state index contributed by atoms with van der Waals surface area (Å²) in [7, 11) is 0. The molecule has 0 spiro atoms. The van der Waals surface area contributed by atoms with Gasteiger partial charge in [-0.05, 0) is 91.8 Å². The van der Waals surface area contributed by atoms with Crippen LogP contribution in [0.1, 0.15) is 72.1 Å². The van der Waals surface area contributed by atoms with E-state index in [0.717, 1.165) is 5.76 Å². The Bertz CT molecular complexity index is 1320. The first kappa shape index (κ1) is 24.4. The van der Waals surface area contributed by atoms with Gasteiger partial charge in [0.25, 0.3) is 0 Å². The molecular formula is C35H38O. The quantitative estimate of drug-likeness (QED) is 0.311. The van der Waals surface area contributed by atoms with Gasteiger partial charge in [0.2, 0.25) is 0 Å². The highest BCUT2D eigenvalue weighted by molar-refractivity contribution is 5.88. The molecule has 0 bridgehead atoms. The normalized spacial score (nSPS) is 19.1. The van der Waals surface area contributed by atoms with Crippen LogP contribution in [0.15, 0.2) is 95.7 Å². The average Bonchev–Trinajstić information content (AvgIpc) is 3.60. The van der Waals surface area contributed by atoms with Crippen molar-refractivity contribution in [1.29, 1.82) is 0 Å². The third kappa shape index (κ3) is 4.60. The molecule has 36 heavy (non-hydrogen) atoms. The second-order valence-corrected chi connectivity index (χ2v) is 10.7. The minimum Gasteiger partial charge on any atom is -0.469 e. The van der Waals surface area contributed by atoms with E-state index < -0.39 is 0 Å². The van der Waals surface area contributed by atoms with Crippen molar-refractivity contribution >= 4 is 5.57 Å². The minimum absolute atomic E-state index is 0.361. The number of aryl methyl sites for hydroxylation is 3. The fourth-order valence-corrected chi connectivity index (χ4v) is 6.55. The zero-order valence-corrected chi connectivity index (χ0v) is 22.2. The van der Waals surface area contributed by atoms with Crippen LogP contribution in [0.4, 0.5) is 0 Å². The Labute approximate surface area is 217 Å². The summed E-state index contributed by atoms with van der Waals surface area (Å²) in [5, 5.41) is 0. The summed E-state index contributed by atoms with van der Waals surface area (Å²) in [6.45, 7) is 12.6. The van der Waals surface area contributed by atoms with Crippen molar-refractivity contribution in [3.63, 3.8) is 0 Å². The molecule has 2 aliphatic carbocycles. The number of hydrogen-bond donors (Lipinski definition) is 0. The molecule has 3 aromatic rings. The third-order valence-corrected chi connectivity index (χ3v) is 8.28. The lowest BCUT2D eigenvalue weighted by molar-refractivity contribution is 0.360. The number of hydrogen-bond acceptors (Lipinski definition) is 1. The Morgan fingerprint density at radius 3 is 2.36 bits per heavy atom. The molecule has 184 valence electrons. The van der Waals surface area contributed by atoms with Crippen molar-refractivity contribution in [1.82, 2.24) is 0 Å². The second kappa shape index (κ2) is 10.3. The summed E-state index contributed by atoms with van der Waals surface area (Å²) in [5.74, 6) is 2.56. The van der Waals surface area contributed by atoms with Gasteiger partial charge in [-0.3, -0.25) is 0 Å². The molecule has 2 aromatic carbocycles. The van der Waals surface area contributed by atoms with E-state index in [0.29, 0.717) is 17.8 Å². The van der Waals surface area contributed by atoms with Gasteiger partial charge in [-0.1, -0.05) is 97.3 Å². The summed E-state index contributed by atoms with van der Waals surface area (Å²) in [6, 6.07) is 16.1. The molecule has 0 saturated heterocycles. The molecule has 0 amide bonds. The van der Waals surface area contributed by atoms with Gasteiger partial charge < -0.3 is 4.42 Å². The Morgan fingerprint density at radius 1 is 0.972 bits per heavy atom. The molecule has 0 radical (unpaired) electrons. The lowest BCUT2D eigenvalue weighted by Gasteiger charge is -2.30. The predicted molar refractivity (Wildman–Crippen MR) is 153 cm³/mol. The SMILES string of the molecule is C=C/C=C\C=C(/C)[C@@H](C1CCCC1)C1C=C(c2ccc(C)cc2)c2ccc(-c3c(C)coc3C)cc21. The first-order valence-electron chi connectivity index (χ1n) is 13.4. The molecule has 0 N–H and O–H groups in total. The van der Waals surface area contributed by atoms with E-state index in [1.807, 2.05) is 18.4 Å². The molecule has 1 nitrogen and oxygen atoms in total. The highest BCUT2D eigenvalue weighted by atomic mass is 16.3. The zero-order chi connectivity index (χ0) is 25.2. The smallest absolute Gasteiger partial charge is 0.108 e. The summed E-state index contributed by atoms with van der Waals surface area (Å²) < 4.78 is 5.78. The zero-order valence-electron chi connectivity index (χ0n) is 22.2. The van der Waals surface area contributed by atoms with Gasteiger partial charge in [0, 0.05) is 11.5 Å². The number of benzene rings is 2. The monoisotopic (exact) mass is 474 g/mol. The molecule has 1 saturated carbocycles. The van der Waals surface area contributed by atoms with Gasteiger partial charge in [-0.2, -0.15) is 0 Å². The fraction of sp³-hybridized carbons (Fsp3) is 0.314. The largest absolute Gasteiger partial charge is 0.469 e. The summed E-state index contributed by atoms with van der Waals surface area (Å²) in [4.78, 5) is 0. The molecule has 2 aliphatic rings. The van der Waals surface area contributed by atoms with E-state index in [1.54, 1.807) is 0 Å². The molecule has 1 unspecified atom stereocenters. The molecule has 2 atom stereocenters. The third-order valence-electron chi connectivity index (χ3n) is 8.28. The lowest BCUT2D eigenvalue weighted by Crippen LogP contribution is -2.20. The standard InChI is InChI=1S/C35H38O/c1-6-7-8-11-24(3)35(28-12-9-10-13-28)33-21-31(27-16-14-23(2)15-17-27)30-19-18-29(20-32(30)33)34-25(4)22-36-26(34)5/h6-8,11,14-22,28,33,35H,1,9-10,12-13H2,2-5H3/b8-7-,24-11+/t33?,35-/m0/s1. The summed E-state index contributed by atoms with van der Waals surface area (Å²) in [5.41, 5.74) is 12.0. The van der Waals surface area contributed by atoms with Crippen LogP contribution in [-0.4, -0.2) is 0 Å². The van der Waals surface area contributed by atoms with E-state index in [4.69, 9.17) is 4.42 Å². The number of fused-ring (bicyclic) bond motifs is 1. The van der Waals surface area contributed by atoms with E-state index in [9.17, 15) is 0 Å². The molecule has 1 heteroatoms. The highest BCUT2D eigenvalue weighted by Crippen LogP contribution is 2.51. The van der Waals surface area contributed by atoms with Crippen LogP contribution < -0.4 is 0 Å². The van der Waals surface area contributed by atoms with Crippen molar-refractivity contribution < 1.29 is 4.42 Å². The highest BCUT2D eigenvalue weighted by Gasteiger charge is 2.37. The van der Waals surface area contributed by atoms with Crippen LogP contribution in [0.25, 0.3) is 16.7 Å². The maximum Gasteiger partial charge on any atom is 0.108 e. The van der Waals surface area contributed by atoms with Crippen LogP contribution >= 0.6 is 0 Å². The maximum absolute atomic E-state index is 5.78. The molecule has 0 aliphatic heterocycles. The number of furan rings is 1. The fourth-order valence-electron chi connectivity index (χ4n) is 6.55. The molecule has 5 rings (SSSR count). The summed E-state index contributed by atoms with van der Waals surface area (Å²) in [6.07, 6.45) is 18.1. The minimum atomic E-state index is 0.361. The molecule has 1 fully saturated rings. The Hall–Kier alpha value is -3.32. The van der Waals surface area contributed by atoms with Crippen LogP contribution in [-0.2, 0) is 0 Å². The van der Waals surface area contributed by atoms with Gasteiger partial charge >= 0.3 is 0 Å². The first-order valence-corrected chi connectivity index (χ1v) is 13.4. The van der Waals surface area contributed by atoms with Crippen LogP contribution in [0.2, 0.25) is 0 Å². The van der Waals surface area contributed by atoms with Gasteiger partial charge in [0.1, 0.15) is 5.76 Å². The van der Waals surface area contributed by atoms with Gasteiger partial charge in [0.15, 0.2) is 0 Å². The second-order valence-electron chi connectivity index (χ2n) is 10.7. The molecular weight excluding hydrogens is 436 g/mol. The van der Waals surface area contributed by atoms with Crippen LogP contribution in [0.3, 0.4) is 0 Å². The number of allylic oxidation sites excluding steroid dienone is 6. The Morgan fingerprint density at radius 2 is 1.69 bits per heavy atom. The van der Waals surface area contributed by atoms with Crippen molar-refractivity contribution in [2.24, 2.45) is 11.8 Å². The van der Waals surface area contributed by atoms with E-state index in [1.165, 1.54) is 75.8 Å². The predicted octanol–water partition coefficient (Wildman–Crippen LogP) is 9.90. The first-order chi connectivity index (χ1) is 17.5. The average molecular weight is 475 g/mol. The number of rotatable bonds is 7. The van der Waals surface area contributed by atoms with Crippen LogP contribution in [0.5, 0.6) is 0 Å². The summed E-state index contributed by atoms with van der Waals surface area (Å²) >= 11 is 0. The maximum atomic E-state index is 5.78. The molecule has 1 aromatic heterocycles. The van der Waals surface area contributed by atoms with E-state index >= 15 is 0 Å². The van der Waals surface area contributed by atoms with E-state index in [2.05, 4.69) is 95.0 Å². The topological polar surface area (TPSA) is 13.1 Å². The van der Waals surface area contributed by atoms with Gasteiger partial charge in [-0.25, -0.2) is 0 Å². The Kier molecular flexibility index (Phi) is 7.01. The van der Waals surface area contributed by atoms with Crippen molar-refractivity contribution in [2.75, 3.05) is 0 Å². The van der Waals surface area contributed by atoms with E-state index in [-0.39, 0.29) is 0 Å². The van der Waals surface area contributed by atoms with Gasteiger partial charge in [0.05, 0.1) is 6.26 Å². The van der Waals surface area contributed by atoms with Gasteiger partial charge in [-0.15, -0.1) is 0 Å². The Balaban J connectivity index is 1.67. The van der Waals surface area contributed by atoms with Crippen molar-refractivity contribution in [2.45, 2.75) is 59.3 Å². The van der Waals surface area contributed by atoms with Crippen molar-refractivity contribution in [3.8, 4) is 11.1 Å².